The molecule has 1 aliphatic carbocycles. The maximum atomic E-state index is 9.93. The molecule has 1 aromatic carbocycles. The Hall–Kier alpha value is -1.42. The second kappa shape index (κ2) is 6.84. The van der Waals surface area contributed by atoms with E-state index in [1.807, 2.05) is 12.1 Å². The second-order valence-electron chi connectivity index (χ2n) is 5.56. The normalized spacial score (nSPS) is 16.4. The van der Waals surface area contributed by atoms with E-state index in [2.05, 4.69) is 11.9 Å². The molecule has 4 heteroatoms. The van der Waals surface area contributed by atoms with E-state index in [-0.39, 0.29) is 5.75 Å². The predicted octanol–water partition coefficient (Wildman–Crippen LogP) is 3.17. The first-order valence-corrected chi connectivity index (χ1v) is 7.29. The molecule has 0 aromatic heterocycles. The molecular weight excluding hydrogens is 254 g/mol. The van der Waals surface area contributed by atoms with Gasteiger partial charge in [-0.2, -0.15) is 0 Å². The molecule has 0 atom stereocenters. The van der Waals surface area contributed by atoms with Crippen molar-refractivity contribution in [2.45, 2.75) is 44.7 Å². The Morgan fingerprint density at radius 1 is 1.10 bits per heavy atom. The molecule has 0 heterocycles. The van der Waals surface area contributed by atoms with E-state index in [0.29, 0.717) is 17.5 Å². The molecule has 0 unspecified atom stereocenters. The fourth-order valence-corrected chi connectivity index (χ4v) is 2.98. The first-order valence-electron chi connectivity index (χ1n) is 7.29. The van der Waals surface area contributed by atoms with E-state index < -0.39 is 0 Å². The minimum atomic E-state index is 0.0686. The maximum absolute atomic E-state index is 9.93. The van der Waals surface area contributed by atoms with Crippen molar-refractivity contribution >= 4 is 0 Å². The number of hydrogen-bond acceptors (Lipinski definition) is 4. The highest BCUT2D eigenvalue weighted by Gasteiger charge is 2.19. The Morgan fingerprint density at radius 2 is 1.65 bits per heavy atom. The van der Waals surface area contributed by atoms with Gasteiger partial charge in [0, 0.05) is 12.6 Å². The third kappa shape index (κ3) is 3.37. The average Bonchev–Trinajstić information content (AvgIpc) is 2.49. The predicted molar refractivity (Wildman–Crippen MR) is 79.6 cm³/mol. The van der Waals surface area contributed by atoms with E-state index in [9.17, 15) is 5.11 Å². The summed E-state index contributed by atoms with van der Waals surface area (Å²) in [5, 5.41) is 9.93. The van der Waals surface area contributed by atoms with Crippen LogP contribution >= 0.6 is 0 Å². The van der Waals surface area contributed by atoms with Crippen molar-refractivity contribution in [1.82, 2.24) is 4.90 Å². The summed E-state index contributed by atoms with van der Waals surface area (Å²) in [5.74, 6) is 1.01. The van der Waals surface area contributed by atoms with Gasteiger partial charge in [0.25, 0.3) is 0 Å². The van der Waals surface area contributed by atoms with Crippen molar-refractivity contribution in [2.75, 3.05) is 21.3 Å². The van der Waals surface area contributed by atoms with Gasteiger partial charge < -0.3 is 14.6 Å². The summed E-state index contributed by atoms with van der Waals surface area (Å²) >= 11 is 0. The van der Waals surface area contributed by atoms with E-state index in [0.717, 1.165) is 12.1 Å². The van der Waals surface area contributed by atoms with Crippen molar-refractivity contribution in [3.63, 3.8) is 0 Å². The lowest BCUT2D eigenvalue weighted by Crippen LogP contribution is -2.32. The van der Waals surface area contributed by atoms with Gasteiger partial charge in [-0.15, -0.1) is 0 Å². The van der Waals surface area contributed by atoms with Crippen LogP contribution in [-0.2, 0) is 6.54 Å². The lowest BCUT2D eigenvalue weighted by molar-refractivity contribution is 0.184. The zero-order valence-corrected chi connectivity index (χ0v) is 12.7. The Balaban J connectivity index is 2.11. The zero-order chi connectivity index (χ0) is 14.5. The van der Waals surface area contributed by atoms with Gasteiger partial charge >= 0.3 is 0 Å². The van der Waals surface area contributed by atoms with Crippen LogP contribution in [0.2, 0.25) is 0 Å². The number of benzene rings is 1. The van der Waals surface area contributed by atoms with Gasteiger partial charge in [0.05, 0.1) is 14.2 Å². The Kier molecular flexibility index (Phi) is 5.12. The molecule has 1 N–H and O–H groups in total. The van der Waals surface area contributed by atoms with Crippen molar-refractivity contribution in [3.8, 4) is 17.2 Å². The quantitative estimate of drug-likeness (QED) is 0.899. The molecule has 0 spiro atoms. The van der Waals surface area contributed by atoms with Gasteiger partial charge in [0.1, 0.15) is 0 Å². The second-order valence-corrected chi connectivity index (χ2v) is 5.56. The number of aromatic hydroxyl groups is 1. The molecule has 1 aliphatic rings. The van der Waals surface area contributed by atoms with Crippen molar-refractivity contribution in [1.29, 1.82) is 0 Å². The third-order valence-corrected chi connectivity index (χ3v) is 4.17. The molecule has 112 valence electrons. The lowest BCUT2D eigenvalue weighted by Gasteiger charge is -2.31. The molecule has 1 saturated carbocycles. The molecule has 20 heavy (non-hydrogen) atoms. The highest BCUT2D eigenvalue weighted by molar-refractivity contribution is 5.52. The molecule has 0 amide bonds. The number of ether oxygens (including phenoxy) is 2. The first-order chi connectivity index (χ1) is 9.65. The number of nitrogens with zero attached hydrogens (tertiary/aromatic N) is 1. The maximum Gasteiger partial charge on any atom is 0.200 e. The van der Waals surface area contributed by atoms with Crippen LogP contribution in [0.25, 0.3) is 0 Å². The highest BCUT2D eigenvalue weighted by Crippen LogP contribution is 2.37. The van der Waals surface area contributed by atoms with Crippen LogP contribution in [0.1, 0.15) is 37.7 Å². The number of phenols is 1. The summed E-state index contributed by atoms with van der Waals surface area (Å²) in [6.07, 6.45) is 6.59. The lowest BCUT2D eigenvalue weighted by atomic mass is 9.94. The molecule has 0 aliphatic heterocycles. The zero-order valence-electron chi connectivity index (χ0n) is 12.7. The van der Waals surface area contributed by atoms with Crippen LogP contribution in [0.5, 0.6) is 17.2 Å². The highest BCUT2D eigenvalue weighted by atomic mass is 16.5. The third-order valence-electron chi connectivity index (χ3n) is 4.17. The topological polar surface area (TPSA) is 41.9 Å². The summed E-state index contributed by atoms with van der Waals surface area (Å²) in [5.41, 5.74) is 1.10. The fourth-order valence-electron chi connectivity index (χ4n) is 2.98. The smallest absolute Gasteiger partial charge is 0.200 e. The Labute approximate surface area is 121 Å². The van der Waals surface area contributed by atoms with E-state index >= 15 is 0 Å². The van der Waals surface area contributed by atoms with E-state index in [1.54, 1.807) is 14.2 Å². The Morgan fingerprint density at radius 3 is 2.15 bits per heavy atom. The first kappa shape index (κ1) is 15.0. The van der Waals surface area contributed by atoms with Gasteiger partial charge in [-0.3, -0.25) is 4.90 Å². The summed E-state index contributed by atoms with van der Waals surface area (Å²) in [6, 6.07) is 4.43. The van der Waals surface area contributed by atoms with Crippen LogP contribution in [0.15, 0.2) is 12.1 Å². The van der Waals surface area contributed by atoms with Crippen LogP contribution in [-0.4, -0.2) is 37.3 Å². The fraction of sp³-hybridized carbons (Fsp3) is 0.625. The molecule has 0 saturated heterocycles. The number of methoxy groups -OCH3 is 2. The number of phenolic OH excluding ortho intramolecular Hbond substituents is 1. The van der Waals surface area contributed by atoms with E-state index in [1.165, 1.54) is 32.1 Å². The number of rotatable bonds is 5. The van der Waals surface area contributed by atoms with E-state index in [4.69, 9.17) is 9.47 Å². The Bertz CT molecular complexity index is 416. The van der Waals surface area contributed by atoms with Crippen LogP contribution < -0.4 is 9.47 Å². The molecule has 4 nitrogen and oxygen atoms in total. The minimum Gasteiger partial charge on any atom is -0.502 e. The summed E-state index contributed by atoms with van der Waals surface area (Å²) in [4.78, 5) is 2.39. The molecule has 2 rings (SSSR count). The van der Waals surface area contributed by atoms with Gasteiger partial charge in [-0.05, 0) is 37.6 Å². The SMILES string of the molecule is COc1cc(CN(C)C2CCCCC2)cc(OC)c1O. The van der Waals surface area contributed by atoms with Crippen LogP contribution in [0.4, 0.5) is 0 Å². The number of hydrogen-bond donors (Lipinski definition) is 1. The molecule has 1 fully saturated rings. The molecule has 0 bridgehead atoms. The van der Waals surface area contributed by atoms with Crippen LogP contribution in [0.3, 0.4) is 0 Å². The molecule has 1 aromatic rings. The molecule has 0 radical (unpaired) electrons. The van der Waals surface area contributed by atoms with Crippen LogP contribution in [0, 0.1) is 0 Å². The summed E-state index contributed by atoms with van der Waals surface area (Å²) in [6.45, 7) is 0.845. The summed E-state index contributed by atoms with van der Waals surface area (Å²) < 4.78 is 10.4. The van der Waals surface area contributed by atoms with Gasteiger partial charge in [-0.25, -0.2) is 0 Å². The van der Waals surface area contributed by atoms with Crippen molar-refractivity contribution in [3.05, 3.63) is 17.7 Å². The van der Waals surface area contributed by atoms with Gasteiger partial charge in [0.2, 0.25) is 5.75 Å². The monoisotopic (exact) mass is 279 g/mol. The largest absolute Gasteiger partial charge is 0.502 e. The van der Waals surface area contributed by atoms with Gasteiger partial charge in [0.15, 0.2) is 11.5 Å². The summed E-state index contributed by atoms with van der Waals surface area (Å²) in [7, 11) is 5.29. The minimum absolute atomic E-state index is 0.0686. The van der Waals surface area contributed by atoms with Crippen molar-refractivity contribution in [2.24, 2.45) is 0 Å². The van der Waals surface area contributed by atoms with Crippen molar-refractivity contribution < 1.29 is 14.6 Å². The molecular formula is C16H25NO3. The standard InChI is InChI=1S/C16H25NO3/c1-17(13-7-5-4-6-8-13)11-12-9-14(19-2)16(18)15(10-12)20-3/h9-10,13,18H,4-8,11H2,1-3H3. The van der Waals surface area contributed by atoms with Gasteiger partial charge in [-0.1, -0.05) is 19.3 Å². The average molecular weight is 279 g/mol.